The van der Waals surface area contributed by atoms with Crippen molar-refractivity contribution in [3.8, 4) is 0 Å². The van der Waals surface area contributed by atoms with Crippen molar-refractivity contribution in [3.63, 3.8) is 0 Å². The molecule has 1 aromatic rings. The third-order valence-corrected chi connectivity index (χ3v) is 2.57. The lowest BCUT2D eigenvalue weighted by molar-refractivity contribution is 0.458. The predicted octanol–water partition coefficient (Wildman–Crippen LogP) is 0.943. The fourth-order valence-corrected chi connectivity index (χ4v) is 1.43. The van der Waals surface area contributed by atoms with Gasteiger partial charge in [0.05, 0.1) is 5.75 Å². The van der Waals surface area contributed by atoms with Crippen LogP contribution in [0.25, 0.3) is 0 Å². The number of benzene rings is 1. The Morgan fingerprint density at radius 2 is 1.59 bits per heavy atom. The number of hydrogen-bond donors (Lipinski definition) is 2. The lowest BCUT2D eigenvalue weighted by Gasteiger charge is -2.09. The van der Waals surface area contributed by atoms with E-state index in [1.807, 2.05) is 5.32 Å². The van der Waals surface area contributed by atoms with Gasteiger partial charge in [-0.05, 0) is 0 Å². The summed E-state index contributed by atoms with van der Waals surface area (Å²) in [6.07, 6.45) is 0. The van der Waals surface area contributed by atoms with Crippen LogP contribution >= 0.6 is 0 Å². The van der Waals surface area contributed by atoms with E-state index in [0.717, 1.165) is 0 Å². The van der Waals surface area contributed by atoms with Gasteiger partial charge in [0.15, 0.2) is 23.3 Å². The second-order valence-corrected chi connectivity index (χ2v) is 4.87. The quantitative estimate of drug-likeness (QED) is 0.633. The molecule has 0 radical (unpaired) electrons. The maximum absolute atomic E-state index is 13.0. The van der Waals surface area contributed by atoms with E-state index < -0.39 is 51.3 Å². The van der Waals surface area contributed by atoms with Crippen LogP contribution in [-0.4, -0.2) is 20.7 Å². The SMILES string of the molecule is NS(=O)(=O)CCNc1c(F)c(F)cc(F)c1F. The second kappa shape index (κ2) is 4.88. The topological polar surface area (TPSA) is 72.2 Å². The first-order valence-electron chi connectivity index (χ1n) is 4.29. The molecule has 0 aliphatic heterocycles. The van der Waals surface area contributed by atoms with Gasteiger partial charge in [-0.25, -0.2) is 31.1 Å². The van der Waals surface area contributed by atoms with Gasteiger partial charge in [0, 0.05) is 12.6 Å². The third-order valence-electron chi connectivity index (χ3n) is 1.80. The highest BCUT2D eigenvalue weighted by atomic mass is 32.2. The normalized spacial score (nSPS) is 11.6. The van der Waals surface area contributed by atoms with E-state index in [0.29, 0.717) is 0 Å². The minimum absolute atomic E-state index is 0.0511. The Bertz CT molecular complexity index is 507. The summed E-state index contributed by atoms with van der Waals surface area (Å²) in [6, 6.07) is 0.0511. The molecule has 96 valence electrons. The molecule has 9 heteroatoms. The highest BCUT2D eigenvalue weighted by Crippen LogP contribution is 2.23. The van der Waals surface area contributed by atoms with Crippen LogP contribution in [0.3, 0.4) is 0 Å². The van der Waals surface area contributed by atoms with Crippen LogP contribution in [-0.2, 0) is 10.0 Å². The van der Waals surface area contributed by atoms with Crippen molar-refractivity contribution < 1.29 is 26.0 Å². The molecule has 0 aliphatic rings. The standard InChI is InChI=1S/C8H8F4N2O2S/c9-4-3-5(10)7(12)8(6(4)11)14-1-2-17(13,15)16/h3,14H,1-2H2,(H2,13,15,16). The predicted molar refractivity (Wildman–Crippen MR) is 52.7 cm³/mol. The number of nitrogens with two attached hydrogens (primary N) is 1. The Morgan fingerprint density at radius 1 is 1.12 bits per heavy atom. The van der Waals surface area contributed by atoms with Gasteiger partial charge in [0.1, 0.15) is 5.69 Å². The van der Waals surface area contributed by atoms with E-state index in [9.17, 15) is 26.0 Å². The molecule has 1 aromatic carbocycles. The zero-order valence-electron chi connectivity index (χ0n) is 8.31. The highest BCUT2D eigenvalue weighted by molar-refractivity contribution is 7.89. The van der Waals surface area contributed by atoms with Crippen LogP contribution < -0.4 is 10.5 Å². The van der Waals surface area contributed by atoms with Crippen LogP contribution in [0, 0.1) is 23.3 Å². The van der Waals surface area contributed by atoms with Crippen molar-refractivity contribution >= 4 is 15.7 Å². The molecule has 0 aliphatic carbocycles. The molecular formula is C8H8F4N2O2S. The van der Waals surface area contributed by atoms with Gasteiger partial charge in [0.25, 0.3) is 0 Å². The minimum Gasteiger partial charge on any atom is -0.379 e. The van der Waals surface area contributed by atoms with Crippen molar-refractivity contribution in [2.75, 3.05) is 17.6 Å². The average Bonchev–Trinajstić information content (AvgIpc) is 2.19. The van der Waals surface area contributed by atoms with Gasteiger partial charge in [0.2, 0.25) is 10.0 Å². The van der Waals surface area contributed by atoms with Crippen molar-refractivity contribution in [3.05, 3.63) is 29.3 Å². The fourth-order valence-electron chi connectivity index (χ4n) is 1.05. The Hall–Kier alpha value is -1.35. The summed E-state index contributed by atoms with van der Waals surface area (Å²) in [4.78, 5) is 0. The van der Waals surface area contributed by atoms with E-state index in [1.165, 1.54) is 0 Å². The lowest BCUT2D eigenvalue weighted by Crippen LogP contribution is -2.23. The van der Waals surface area contributed by atoms with Crippen LogP contribution in [0.2, 0.25) is 0 Å². The summed E-state index contributed by atoms with van der Waals surface area (Å²) >= 11 is 0. The molecule has 0 aromatic heterocycles. The van der Waals surface area contributed by atoms with Crippen molar-refractivity contribution in [2.24, 2.45) is 5.14 Å². The summed E-state index contributed by atoms with van der Waals surface area (Å²) in [5, 5.41) is 6.56. The third kappa shape index (κ3) is 3.56. The van der Waals surface area contributed by atoms with Crippen LogP contribution in [0.5, 0.6) is 0 Å². The van der Waals surface area contributed by atoms with Crippen LogP contribution in [0.15, 0.2) is 6.07 Å². The molecule has 0 fully saturated rings. The number of hydrogen-bond acceptors (Lipinski definition) is 3. The zero-order valence-corrected chi connectivity index (χ0v) is 9.12. The van der Waals surface area contributed by atoms with Gasteiger partial charge >= 0.3 is 0 Å². The second-order valence-electron chi connectivity index (χ2n) is 3.14. The number of halogens is 4. The molecule has 0 atom stereocenters. The maximum Gasteiger partial charge on any atom is 0.210 e. The van der Waals surface area contributed by atoms with Gasteiger partial charge < -0.3 is 5.32 Å². The summed E-state index contributed by atoms with van der Waals surface area (Å²) in [5.74, 6) is -7.05. The van der Waals surface area contributed by atoms with E-state index in [4.69, 9.17) is 0 Å². The molecule has 0 amide bonds. The van der Waals surface area contributed by atoms with Gasteiger partial charge in [-0.15, -0.1) is 0 Å². The zero-order chi connectivity index (χ0) is 13.2. The Balaban J connectivity index is 2.91. The molecular weight excluding hydrogens is 264 g/mol. The molecule has 3 N–H and O–H groups in total. The first-order valence-corrected chi connectivity index (χ1v) is 6.01. The Morgan fingerprint density at radius 3 is 2.00 bits per heavy atom. The molecule has 0 spiro atoms. The van der Waals surface area contributed by atoms with Gasteiger partial charge in [-0.1, -0.05) is 0 Å². The Kier molecular flexibility index (Phi) is 3.94. The van der Waals surface area contributed by atoms with Crippen LogP contribution in [0.1, 0.15) is 0 Å². The average molecular weight is 272 g/mol. The van der Waals surface area contributed by atoms with E-state index >= 15 is 0 Å². The number of rotatable bonds is 4. The fraction of sp³-hybridized carbons (Fsp3) is 0.250. The van der Waals surface area contributed by atoms with Gasteiger partial charge in [-0.2, -0.15) is 0 Å². The molecule has 0 bridgehead atoms. The van der Waals surface area contributed by atoms with Crippen molar-refractivity contribution in [1.29, 1.82) is 0 Å². The summed E-state index contributed by atoms with van der Waals surface area (Å²) < 4.78 is 72.6. The molecule has 4 nitrogen and oxygen atoms in total. The molecule has 1 rings (SSSR count). The van der Waals surface area contributed by atoms with E-state index in [1.54, 1.807) is 0 Å². The maximum atomic E-state index is 13.0. The first-order chi connectivity index (χ1) is 7.72. The van der Waals surface area contributed by atoms with Crippen molar-refractivity contribution in [1.82, 2.24) is 0 Å². The van der Waals surface area contributed by atoms with Crippen LogP contribution in [0.4, 0.5) is 23.2 Å². The molecule has 17 heavy (non-hydrogen) atoms. The lowest BCUT2D eigenvalue weighted by atomic mass is 10.2. The first kappa shape index (κ1) is 13.7. The molecule has 0 saturated heterocycles. The summed E-state index contributed by atoms with van der Waals surface area (Å²) in [6.45, 7) is -0.477. The van der Waals surface area contributed by atoms with Crippen molar-refractivity contribution in [2.45, 2.75) is 0 Å². The summed E-state index contributed by atoms with van der Waals surface area (Å²) in [7, 11) is -3.84. The number of anilines is 1. The minimum atomic E-state index is -3.84. The van der Waals surface area contributed by atoms with Gasteiger partial charge in [-0.3, -0.25) is 0 Å². The smallest absolute Gasteiger partial charge is 0.210 e. The molecule has 0 heterocycles. The summed E-state index contributed by atoms with van der Waals surface area (Å²) in [5.41, 5.74) is -1.06. The van der Waals surface area contributed by atoms with E-state index in [-0.39, 0.29) is 6.07 Å². The van der Waals surface area contributed by atoms with E-state index in [2.05, 4.69) is 5.14 Å². The largest absolute Gasteiger partial charge is 0.379 e. The molecule has 0 unspecified atom stereocenters. The number of nitrogens with one attached hydrogen (secondary N) is 1. The Labute approximate surface area is 94.5 Å². The molecule has 0 saturated carbocycles. The number of primary sulfonamides is 1. The highest BCUT2D eigenvalue weighted by Gasteiger charge is 2.18. The monoisotopic (exact) mass is 272 g/mol. The number of sulfonamides is 1.